The van der Waals surface area contributed by atoms with Gasteiger partial charge in [0.25, 0.3) is 10.0 Å². The Morgan fingerprint density at radius 3 is 2.38 bits per heavy atom. The number of nitrogens with one attached hydrogen (secondary N) is 3. The molecule has 1 aliphatic rings. The van der Waals surface area contributed by atoms with E-state index < -0.39 is 40.0 Å². The van der Waals surface area contributed by atoms with Gasteiger partial charge >= 0.3 is 0 Å². The van der Waals surface area contributed by atoms with E-state index in [2.05, 4.69) is 15.7 Å². The van der Waals surface area contributed by atoms with Gasteiger partial charge in [0.2, 0.25) is 11.8 Å². The molecule has 0 bridgehead atoms. The second kappa shape index (κ2) is 15.5. The molecule has 0 radical (unpaired) electrons. The van der Waals surface area contributed by atoms with Crippen molar-refractivity contribution in [3.8, 4) is 5.75 Å². The van der Waals surface area contributed by atoms with Gasteiger partial charge in [0.1, 0.15) is 5.75 Å². The van der Waals surface area contributed by atoms with Gasteiger partial charge in [0.15, 0.2) is 6.29 Å². The highest BCUT2D eigenvalue weighted by molar-refractivity contribution is 7.89. The number of ether oxygens (including phenoxy) is 2. The molecule has 2 aromatic rings. The van der Waals surface area contributed by atoms with Crippen LogP contribution in [-0.2, 0) is 29.2 Å². The molecule has 218 valence electrons. The Hall–Kier alpha value is -3.25. The first-order valence-electron chi connectivity index (χ1n) is 13.4. The molecule has 0 saturated carbocycles. The molecule has 11 heteroatoms. The number of sulfonamides is 1. The minimum absolute atomic E-state index is 0.0462. The molecule has 2 aromatic carbocycles. The van der Waals surface area contributed by atoms with Crippen LogP contribution in [0.1, 0.15) is 51.5 Å². The van der Waals surface area contributed by atoms with E-state index in [0.717, 1.165) is 18.4 Å². The maximum Gasteiger partial charge on any atom is 0.257 e. The van der Waals surface area contributed by atoms with Gasteiger partial charge in [-0.1, -0.05) is 56.3 Å². The van der Waals surface area contributed by atoms with Crippen LogP contribution in [0.25, 0.3) is 6.08 Å². The first kappa shape index (κ1) is 31.3. The van der Waals surface area contributed by atoms with Crippen molar-refractivity contribution in [3.05, 3.63) is 66.2 Å². The quantitative estimate of drug-likeness (QED) is 0.292. The summed E-state index contributed by atoms with van der Waals surface area (Å²) in [7, 11) is -2.58. The van der Waals surface area contributed by atoms with Crippen molar-refractivity contribution in [2.75, 3.05) is 13.7 Å². The third kappa shape index (κ3) is 9.74. The monoisotopic (exact) mass is 573 g/mol. The second-order valence-electron chi connectivity index (χ2n) is 10.0. The van der Waals surface area contributed by atoms with Crippen LogP contribution in [0.3, 0.4) is 0 Å². The number of hydroxylamine groups is 1. The molecular formula is C29H39N3O7S. The van der Waals surface area contributed by atoms with E-state index in [1.807, 2.05) is 56.3 Å². The molecule has 1 fully saturated rings. The topological polar surface area (TPSA) is 132 Å². The van der Waals surface area contributed by atoms with E-state index in [1.54, 1.807) is 0 Å². The first-order chi connectivity index (χ1) is 19.2. The Balaban J connectivity index is 1.76. The predicted molar refractivity (Wildman–Crippen MR) is 151 cm³/mol. The van der Waals surface area contributed by atoms with E-state index in [1.165, 1.54) is 31.4 Å². The van der Waals surface area contributed by atoms with Crippen molar-refractivity contribution in [3.63, 3.8) is 0 Å². The summed E-state index contributed by atoms with van der Waals surface area (Å²) in [6, 6.07) is 15.3. The molecule has 1 unspecified atom stereocenters. The SMILES string of the molecule is COc1ccc(S(=O)(=O)NNC(=O)[C@H](CC(C)C)[C@H](CC=Cc2ccccc2)C(=O)NOC2CCCCO2)cc1. The molecular weight excluding hydrogens is 534 g/mol. The summed E-state index contributed by atoms with van der Waals surface area (Å²) in [5.74, 6) is -2.24. The fourth-order valence-corrected chi connectivity index (χ4v) is 5.21. The lowest BCUT2D eigenvalue weighted by Crippen LogP contribution is -2.49. The Morgan fingerprint density at radius 1 is 1.02 bits per heavy atom. The molecule has 40 heavy (non-hydrogen) atoms. The average Bonchev–Trinajstić information content (AvgIpc) is 2.97. The zero-order valence-electron chi connectivity index (χ0n) is 23.2. The van der Waals surface area contributed by atoms with E-state index in [0.29, 0.717) is 25.2 Å². The number of amides is 2. The van der Waals surface area contributed by atoms with Crippen LogP contribution >= 0.6 is 0 Å². The molecule has 0 aliphatic carbocycles. The van der Waals surface area contributed by atoms with E-state index in [9.17, 15) is 18.0 Å². The van der Waals surface area contributed by atoms with Gasteiger partial charge in [-0.3, -0.25) is 15.0 Å². The summed E-state index contributed by atoms with van der Waals surface area (Å²) in [5.41, 5.74) is 5.77. The molecule has 1 heterocycles. The molecule has 1 saturated heterocycles. The van der Waals surface area contributed by atoms with Crippen LogP contribution in [0.5, 0.6) is 5.75 Å². The third-order valence-electron chi connectivity index (χ3n) is 6.49. The Bertz CT molecular complexity index is 1210. The molecule has 2 amide bonds. The zero-order chi connectivity index (χ0) is 29.0. The van der Waals surface area contributed by atoms with Crippen molar-refractivity contribution in [2.24, 2.45) is 17.8 Å². The van der Waals surface area contributed by atoms with Crippen LogP contribution in [0.15, 0.2) is 65.6 Å². The first-order valence-corrected chi connectivity index (χ1v) is 14.9. The van der Waals surface area contributed by atoms with Crippen LogP contribution in [0.2, 0.25) is 0 Å². The van der Waals surface area contributed by atoms with E-state index in [4.69, 9.17) is 14.3 Å². The van der Waals surface area contributed by atoms with Crippen LogP contribution in [0, 0.1) is 17.8 Å². The summed E-state index contributed by atoms with van der Waals surface area (Å²) < 4.78 is 36.2. The smallest absolute Gasteiger partial charge is 0.257 e. The van der Waals surface area contributed by atoms with Crippen molar-refractivity contribution in [1.82, 2.24) is 15.7 Å². The van der Waals surface area contributed by atoms with Gasteiger partial charge < -0.3 is 9.47 Å². The number of carbonyl (C=O) groups excluding carboxylic acids is 2. The highest BCUT2D eigenvalue weighted by Gasteiger charge is 2.35. The zero-order valence-corrected chi connectivity index (χ0v) is 24.0. The fraction of sp³-hybridized carbons (Fsp3) is 0.448. The van der Waals surface area contributed by atoms with Crippen LogP contribution < -0.4 is 20.5 Å². The Morgan fingerprint density at radius 2 is 1.75 bits per heavy atom. The fourth-order valence-electron chi connectivity index (χ4n) is 4.36. The highest BCUT2D eigenvalue weighted by Crippen LogP contribution is 2.26. The number of rotatable bonds is 14. The maximum absolute atomic E-state index is 13.4. The molecule has 0 aromatic heterocycles. The number of hydrazine groups is 1. The van der Waals surface area contributed by atoms with Crippen molar-refractivity contribution < 1.29 is 32.3 Å². The number of hydrogen-bond donors (Lipinski definition) is 3. The van der Waals surface area contributed by atoms with Crippen LogP contribution in [0.4, 0.5) is 0 Å². The van der Waals surface area contributed by atoms with Gasteiger partial charge in [-0.05, 0) is 61.4 Å². The van der Waals surface area contributed by atoms with Gasteiger partial charge in [0, 0.05) is 13.0 Å². The van der Waals surface area contributed by atoms with Crippen LogP contribution in [-0.4, -0.2) is 40.2 Å². The number of allylic oxidation sites excluding steroid dienone is 1. The number of hydrogen-bond acceptors (Lipinski definition) is 7. The number of benzene rings is 2. The predicted octanol–water partition coefficient (Wildman–Crippen LogP) is 3.96. The summed E-state index contributed by atoms with van der Waals surface area (Å²) in [5, 5.41) is 0. The molecule has 3 N–H and O–H groups in total. The molecule has 1 aliphatic heterocycles. The van der Waals surface area contributed by atoms with Crippen molar-refractivity contribution >= 4 is 27.9 Å². The third-order valence-corrected chi connectivity index (χ3v) is 7.76. The second-order valence-corrected chi connectivity index (χ2v) is 11.7. The van der Waals surface area contributed by atoms with E-state index >= 15 is 0 Å². The largest absolute Gasteiger partial charge is 0.497 e. The normalized spacial score (nSPS) is 17.4. The lowest BCUT2D eigenvalue weighted by atomic mass is 9.82. The van der Waals surface area contributed by atoms with Gasteiger partial charge in [0.05, 0.1) is 23.8 Å². The molecule has 3 rings (SSSR count). The highest BCUT2D eigenvalue weighted by atomic mass is 32.2. The lowest BCUT2D eigenvalue weighted by Gasteiger charge is -2.28. The summed E-state index contributed by atoms with van der Waals surface area (Å²) in [4.78, 5) is 34.4. The maximum atomic E-state index is 13.4. The number of methoxy groups -OCH3 is 1. The minimum atomic E-state index is -4.06. The minimum Gasteiger partial charge on any atom is -0.497 e. The average molecular weight is 574 g/mol. The summed E-state index contributed by atoms with van der Waals surface area (Å²) in [6.45, 7) is 4.42. The molecule has 10 nitrogen and oxygen atoms in total. The number of carbonyl (C=O) groups is 2. The van der Waals surface area contributed by atoms with Gasteiger partial charge in [-0.15, -0.1) is 4.83 Å². The summed E-state index contributed by atoms with van der Waals surface area (Å²) in [6.07, 6.45) is 6.24. The summed E-state index contributed by atoms with van der Waals surface area (Å²) >= 11 is 0. The van der Waals surface area contributed by atoms with E-state index in [-0.39, 0.29) is 17.2 Å². The molecule has 0 spiro atoms. The van der Waals surface area contributed by atoms with Crippen molar-refractivity contribution in [1.29, 1.82) is 0 Å². The van der Waals surface area contributed by atoms with Gasteiger partial charge in [-0.25, -0.2) is 18.7 Å². The van der Waals surface area contributed by atoms with Gasteiger partial charge in [-0.2, -0.15) is 0 Å². The van der Waals surface area contributed by atoms with Crippen molar-refractivity contribution in [2.45, 2.75) is 57.1 Å². The Labute approximate surface area is 236 Å². The Kier molecular flexibility index (Phi) is 12.1. The molecule has 3 atom stereocenters. The lowest BCUT2D eigenvalue weighted by molar-refractivity contribution is -0.203. The standard InChI is InChI=1S/C29H39N3O7S/c1-21(2)20-26(28(33)30-32-40(35,36)24-17-15-23(37-3)16-18-24)25(13-9-12-22-10-5-4-6-11-22)29(34)31-39-27-14-7-8-19-38-27/h4-6,9-12,15-18,21,25-27,32H,7-8,13-14,19-20H2,1-3H3,(H,30,33)(H,31,34)/t25-,26+,27?/m0/s1.